The van der Waals surface area contributed by atoms with E-state index in [1.165, 1.54) is 44.5 Å². The number of esters is 1. The molecule has 0 saturated carbocycles. The average Bonchev–Trinajstić information content (AvgIpc) is 3.37. The molecule has 6 rings (SSSR count). The van der Waals surface area contributed by atoms with Crippen LogP contribution in [0.4, 0.5) is 0 Å². The number of carbonyl (C=O) groups is 1. The molecule has 0 amide bonds. The van der Waals surface area contributed by atoms with Gasteiger partial charge in [-0.2, -0.15) is 0 Å². The van der Waals surface area contributed by atoms with Crippen LogP contribution in [0.15, 0.2) is 97.1 Å². The highest BCUT2D eigenvalue weighted by molar-refractivity contribution is 5.85. The van der Waals surface area contributed by atoms with Gasteiger partial charge in [0.1, 0.15) is 0 Å². The van der Waals surface area contributed by atoms with Crippen LogP contribution in [0.25, 0.3) is 22.3 Å². The second-order valence-electron chi connectivity index (χ2n) is 10.6. The summed E-state index contributed by atoms with van der Waals surface area (Å²) < 4.78 is 5.58. The Labute approximate surface area is 220 Å². The zero-order chi connectivity index (χ0) is 25.5. The molecular weight excluding hydrogens is 452 g/mol. The van der Waals surface area contributed by atoms with Crippen LogP contribution in [0, 0.1) is 0 Å². The van der Waals surface area contributed by atoms with Gasteiger partial charge in [0.05, 0.1) is 13.0 Å². The molecule has 0 spiro atoms. The van der Waals surface area contributed by atoms with Crippen LogP contribution in [-0.4, -0.2) is 12.6 Å². The third-order valence-corrected chi connectivity index (χ3v) is 8.76. The number of rotatable bonds is 8. The molecule has 0 heterocycles. The SMILES string of the molecule is CCCC1(CCC2(CC(=O)OCC)c3ccccc3-c3ccccc32)c2ccccc2-c2ccccc21. The number of carbonyl (C=O) groups excluding carboxylic acids is 1. The third-order valence-electron chi connectivity index (χ3n) is 8.76. The highest BCUT2D eigenvalue weighted by atomic mass is 16.5. The first kappa shape index (κ1) is 23.7. The highest BCUT2D eigenvalue weighted by Crippen LogP contribution is 2.58. The number of hydrogen-bond donors (Lipinski definition) is 0. The monoisotopic (exact) mass is 486 g/mol. The third kappa shape index (κ3) is 3.57. The average molecular weight is 487 g/mol. The van der Waals surface area contributed by atoms with Gasteiger partial charge in [-0.1, -0.05) is 110 Å². The molecule has 4 aromatic rings. The lowest BCUT2D eigenvalue weighted by Gasteiger charge is -2.38. The summed E-state index contributed by atoms with van der Waals surface area (Å²) in [7, 11) is 0. The number of ether oxygens (including phenoxy) is 1. The van der Waals surface area contributed by atoms with Gasteiger partial charge in [0.25, 0.3) is 0 Å². The normalized spacial score (nSPS) is 15.4. The van der Waals surface area contributed by atoms with Crippen LogP contribution in [0.5, 0.6) is 0 Å². The molecule has 0 N–H and O–H groups in total. The smallest absolute Gasteiger partial charge is 0.307 e. The lowest BCUT2D eigenvalue weighted by molar-refractivity contribution is -0.144. The summed E-state index contributed by atoms with van der Waals surface area (Å²) >= 11 is 0. The summed E-state index contributed by atoms with van der Waals surface area (Å²) in [4.78, 5) is 13.2. The van der Waals surface area contributed by atoms with Crippen LogP contribution in [0.1, 0.15) is 68.2 Å². The maximum absolute atomic E-state index is 13.2. The lowest BCUT2D eigenvalue weighted by atomic mass is 9.64. The van der Waals surface area contributed by atoms with E-state index in [2.05, 4.69) is 104 Å². The van der Waals surface area contributed by atoms with Crippen molar-refractivity contribution in [3.63, 3.8) is 0 Å². The largest absolute Gasteiger partial charge is 0.466 e. The molecule has 37 heavy (non-hydrogen) atoms. The summed E-state index contributed by atoms with van der Waals surface area (Å²) in [6, 6.07) is 35.2. The summed E-state index contributed by atoms with van der Waals surface area (Å²) in [6.07, 6.45) is 4.39. The molecule has 0 atom stereocenters. The molecule has 0 fully saturated rings. The van der Waals surface area contributed by atoms with E-state index in [9.17, 15) is 4.79 Å². The Kier molecular flexibility index (Phi) is 5.99. The van der Waals surface area contributed by atoms with Crippen molar-refractivity contribution in [3.8, 4) is 22.3 Å². The molecule has 0 saturated heterocycles. The van der Waals surface area contributed by atoms with Crippen molar-refractivity contribution < 1.29 is 9.53 Å². The Bertz CT molecular complexity index is 1370. The Morgan fingerprint density at radius 3 is 1.35 bits per heavy atom. The number of hydrogen-bond acceptors (Lipinski definition) is 2. The molecule has 2 nitrogen and oxygen atoms in total. The standard InChI is InChI=1S/C35H34O2/c1-3-21-34(29-17-9-5-13-25(29)26-14-6-10-18-30(26)34)22-23-35(24-33(36)37-4-2)31-19-11-7-15-27(31)28-16-8-12-20-32(28)35/h5-20H,3-4,21-24H2,1-2H3. The minimum atomic E-state index is -0.410. The number of fused-ring (bicyclic) bond motifs is 6. The molecular formula is C35H34O2. The van der Waals surface area contributed by atoms with Crippen molar-refractivity contribution in [2.24, 2.45) is 0 Å². The fourth-order valence-electron chi connectivity index (χ4n) is 7.36. The van der Waals surface area contributed by atoms with E-state index < -0.39 is 5.41 Å². The van der Waals surface area contributed by atoms with Gasteiger partial charge in [0.2, 0.25) is 0 Å². The fourth-order valence-corrected chi connectivity index (χ4v) is 7.36. The second kappa shape index (κ2) is 9.34. The molecule has 0 bridgehead atoms. The van der Waals surface area contributed by atoms with Gasteiger partial charge in [-0.05, 0) is 70.7 Å². The van der Waals surface area contributed by atoms with Gasteiger partial charge in [-0.3, -0.25) is 4.79 Å². The fraction of sp³-hybridized carbons (Fsp3) is 0.286. The van der Waals surface area contributed by atoms with Gasteiger partial charge in [0, 0.05) is 10.8 Å². The summed E-state index contributed by atoms with van der Waals surface area (Å²) in [5, 5.41) is 0. The van der Waals surface area contributed by atoms with E-state index in [-0.39, 0.29) is 11.4 Å². The van der Waals surface area contributed by atoms with Gasteiger partial charge in [0.15, 0.2) is 0 Å². The van der Waals surface area contributed by atoms with Gasteiger partial charge in [-0.15, -0.1) is 0 Å². The predicted molar refractivity (Wildman–Crippen MR) is 151 cm³/mol. The van der Waals surface area contributed by atoms with Crippen molar-refractivity contribution in [2.75, 3.05) is 6.61 Å². The minimum absolute atomic E-state index is 0.0733. The van der Waals surface area contributed by atoms with E-state index in [1.54, 1.807) is 0 Å². The van der Waals surface area contributed by atoms with Gasteiger partial charge in [-0.25, -0.2) is 0 Å². The molecule has 4 aromatic carbocycles. The van der Waals surface area contributed by atoms with Crippen LogP contribution < -0.4 is 0 Å². The maximum Gasteiger partial charge on any atom is 0.307 e. The van der Waals surface area contributed by atoms with Crippen molar-refractivity contribution >= 4 is 5.97 Å². The molecule has 0 unspecified atom stereocenters. The molecule has 186 valence electrons. The first-order valence-electron chi connectivity index (χ1n) is 13.7. The molecule has 2 aliphatic carbocycles. The molecule has 0 aromatic heterocycles. The maximum atomic E-state index is 13.2. The van der Waals surface area contributed by atoms with Crippen molar-refractivity contribution in [3.05, 3.63) is 119 Å². The van der Waals surface area contributed by atoms with Crippen LogP contribution in [0.3, 0.4) is 0 Å². The van der Waals surface area contributed by atoms with Crippen LogP contribution in [-0.2, 0) is 20.4 Å². The zero-order valence-electron chi connectivity index (χ0n) is 21.8. The van der Waals surface area contributed by atoms with E-state index >= 15 is 0 Å². The summed E-state index contributed by atoms with van der Waals surface area (Å²) in [5.41, 5.74) is 10.1. The van der Waals surface area contributed by atoms with Crippen molar-refractivity contribution in [2.45, 2.75) is 56.8 Å². The molecule has 2 heteroatoms. The van der Waals surface area contributed by atoms with Gasteiger partial charge < -0.3 is 4.74 Å². The molecule has 2 aliphatic rings. The van der Waals surface area contributed by atoms with E-state index in [1.807, 2.05) is 6.92 Å². The summed E-state index contributed by atoms with van der Waals surface area (Å²) in [6.45, 7) is 4.59. The Morgan fingerprint density at radius 1 is 0.568 bits per heavy atom. The second-order valence-corrected chi connectivity index (χ2v) is 10.6. The van der Waals surface area contributed by atoms with Crippen molar-refractivity contribution in [1.29, 1.82) is 0 Å². The van der Waals surface area contributed by atoms with Crippen LogP contribution in [0.2, 0.25) is 0 Å². The first-order valence-corrected chi connectivity index (χ1v) is 13.7. The Morgan fingerprint density at radius 2 is 0.946 bits per heavy atom. The van der Waals surface area contributed by atoms with E-state index in [0.717, 1.165) is 25.7 Å². The summed E-state index contributed by atoms with van der Waals surface area (Å²) in [5.74, 6) is -0.120. The minimum Gasteiger partial charge on any atom is -0.466 e. The first-order chi connectivity index (χ1) is 18.1. The van der Waals surface area contributed by atoms with Gasteiger partial charge >= 0.3 is 5.97 Å². The van der Waals surface area contributed by atoms with Crippen molar-refractivity contribution in [1.82, 2.24) is 0 Å². The predicted octanol–water partition coefficient (Wildman–Crippen LogP) is 8.45. The van der Waals surface area contributed by atoms with Crippen LogP contribution >= 0.6 is 0 Å². The Balaban J connectivity index is 1.52. The number of benzene rings is 4. The Hall–Kier alpha value is -3.65. The van der Waals surface area contributed by atoms with E-state index in [4.69, 9.17) is 4.74 Å². The quantitative estimate of drug-likeness (QED) is 0.234. The zero-order valence-corrected chi connectivity index (χ0v) is 21.8. The molecule has 0 aliphatic heterocycles. The molecule has 0 radical (unpaired) electrons. The van der Waals surface area contributed by atoms with E-state index in [0.29, 0.717) is 13.0 Å². The highest BCUT2D eigenvalue weighted by Gasteiger charge is 2.48. The lowest BCUT2D eigenvalue weighted by Crippen LogP contribution is -2.34. The topological polar surface area (TPSA) is 26.3 Å².